The van der Waals surface area contributed by atoms with Gasteiger partial charge in [-0.15, -0.1) is 0 Å². The van der Waals surface area contributed by atoms with Gasteiger partial charge in [-0.05, 0) is 47.9 Å². The van der Waals surface area contributed by atoms with Gasteiger partial charge in [0.25, 0.3) is 0 Å². The molecule has 0 unspecified atom stereocenters. The van der Waals surface area contributed by atoms with Crippen molar-refractivity contribution in [1.82, 2.24) is 0 Å². The summed E-state index contributed by atoms with van der Waals surface area (Å²) in [6.07, 6.45) is 0. The third-order valence-electron chi connectivity index (χ3n) is 3.97. The molecule has 0 atom stereocenters. The number of hydrogen-bond acceptors (Lipinski definition) is 3. The summed E-state index contributed by atoms with van der Waals surface area (Å²) in [5.41, 5.74) is 5.08. The van der Waals surface area contributed by atoms with E-state index in [2.05, 4.69) is 42.2 Å². The van der Waals surface area contributed by atoms with Crippen LogP contribution in [0.15, 0.2) is 42.5 Å². The van der Waals surface area contributed by atoms with Crippen LogP contribution < -0.4 is 9.64 Å². The topological polar surface area (TPSA) is 21.7 Å². The molecule has 3 heteroatoms. The first-order valence-electron chi connectivity index (χ1n) is 7.36. The summed E-state index contributed by atoms with van der Waals surface area (Å²) >= 11 is 0. The summed E-state index contributed by atoms with van der Waals surface area (Å²) in [5, 5.41) is 0. The van der Waals surface area contributed by atoms with Crippen LogP contribution in [0.1, 0.15) is 5.56 Å². The summed E-state index contributed by atoms with van der Waals surface area (Å²) in [5.74, 6) is 0.889. The lowest BCUT2D eigenvalue weighted by atomic mass is 10.0. The Morgan fingerprint density at radius 2 is 1.62 bits per heavy atom. The highest BCUT2D eigenvalue weighted by Crippen LogP contribution is 2.28. The molecule has 0 amide bonds. The van der Waals surface area contributed by atoms with Crippen LogP contribution in [0.2, 0.25) is 0 Å². The fourth-order valence-corrected chi connectivity index (χ4v) is 2.78. The fourth-order valence-electron chi connectivity index (χ4n) is 2.78. The SMILES string of the molecule is COc1ccc(-c2ccc(N3CCOCC3)c(C)c2)cc1. The van der Waals surface area contributed by atoms with E-state index in [9.17, 15) is 0 Å². The second kappa shape index (κ2) is 6.19. The summed E-state index contributed by atoms with van der Waals surface area (Å²) in [6, 6.07) is 14.9. The summed E-state index contributed by atoms with van der Waals surface area (Å²) in [7, 11) is 1.69. The van der Waals surface area contributed by atoms with Gasteiger partial charge in [-0.2, -0.15) is 0 Å². The highest BCUT2D eigenvalue weighted by Gasteiger charge is 2.13. The molecular weight excluding hydrogens is 262 g/mol. The predicted molar refractivity (Wildman–Crippen MR) is 86.2 cm³/mol. The molecule has 110 valence electrons. The number of anilines is 1. The minimum atomic E-state index is 0.819. The molecule has 3 nitrogen and oxygen atoms in total. The lowest BCUT2D eigenvalue weighted by Crippen LogP contribution is -2.36. The number of benzene rings is 2. The average Bonchev–Trinajstić information content (AvgIpc) is 2.55. The minimum Gasteiger partial charge on any atom is -0.497 e. The van der Waals surface area contributed by atoms with Gasteiger partial charge in [0.1, 0.15) is 5.75 Å². The molecule has 2 aromatic rings. The standard InChI is InChI=1S/C18H21NO2/c1-14-13-16(15-3-6-17(20-2)7-4-15)5-8-18(14)19-9-11-21-12-10-19/h3-8,13H,9-12H2,1-2H3. The number of rotatable bonds is 3. The van der Waals surface area contributed by atoms with Gasteiger partial charge in [-0.25, -0.2) is 0 Å². The quantitative estimate of drug-likeness (QED) is 0.860. The van der Waals surface area contributed by atoms with Gasteiger partial charge in [0.15, 0.2) is 0 Å². The Morgan fingerprint density at radius 3 is 2.24 bits per heavy atom. The molecule has 1 aliphatic rings. The predicted octanol–water partition coefficient (Wildman–Crippen LogP) is 3.51. The van der Waals surface area contributed by atoms with E-state index in [0.29, 0.717) is 0 Å². The van der Waals surface area contributed by atoms with E-state index in [0.717, 1.165) is 32.1 Å². The lowest BCUT2D eigenvalue weighted by Gasteiger charge is -2.30. The zero-order valence-electron chi connectivity index (χ0n) is 12.6. The van der Waals surface area contributed by atoms with Gasteiger partial charge in [0.2, 0.25) is 0 Å². The monoisotopic (exact) mass is 283 g/mol. The first kappa shape index (κ1) is 14.0. The Balaban J connectivity index is 1.85. The molecule has 1 saturated heterocycles. The number of methoxy groups -OCH3 is 1. The molecule has 0 saturated carbocycles. The van der Waals surface area contributed by atoms with Crippen LogP contribution in [0.25, 0.3) is 11.1 Å². The van der Waals surface area contributed by atoms with Gasteiger partial charge >= 0.3 is 0 Å². The summed E-state index contributed by atoms with van der Waals surface area (Å²) < 4.78 is 10.6. The third kappa shape index (κ3) is 3.03. The number of hydrogen-bond donors (Lipinski definition) is 0. The first-order chi connectivity index (χ1) is 10.3. The van der Waals surface area contributed by atoms with Gasteiger partial charge in [-0.3, -0.25) is 0 Å². The largest absolute Gasteiger partial charge is 0.497 e. The summed E-state index contributed by atoms with van der Waals surface area (Å²) in [6.45, 7) is 5.77. The number of nitrogens with zero attached hydrogens (tertiary/aromatic N) is 1. The second-order valence-corrected chi connectivity index (χ2v) is 5.33. The molecule has 0 bridgehead atoms. The van der Waals surface area contributed by atoms with Crippen molar-refractivity contribution in [3.05, 3.63) is 48.0 Å². The van der Waals surface area contributed by atoms with E-state index in [-0.39, 0.29) is 0 Å². The smallest absolute Gasteiger partial charge is 0.118 e. The first-order valence-corrected chi connectivity index (χ1v) is 7.36. The maximum Gasteiger partial charge on any atom is 0.118 e. The molecule has 0 radical (unpaired) electrons. The van der Waals surface area contributed by atoms with Crippen LogP contribution in [0.4, 0.5) is 5.69 Å². The number of morpholine rings is 1. The van der Waals surface area contributed by atoms with E-state index < -0.39 is 0 Å². The Bertz CT molecular complexity index is 601. The van der Waals surface area contributed by atoms with Gasteiger partial charge in [-0.1, -0.05) is 18.2 Å². The zero-order valence-corrected chi connectivity index (χ0v) is 12.6. The molecule has 0 aliphatic carbocycles. The number of aryl methyl sites for hydroxylation is 1. The normalized spacial score (nSPS) is 15.0. The van der Waals surface area contributed by atoms with E-state index in [4.69, 9.17) is 9.47 Å². The van der Waals surface area contributed by atoms with Crippen LogP contribution in [-0.4, -0.2) is 33.4 Å². The maximum absolute atomic E-state index is 5.42. The van der Waals surface area contributed by atoms with Crippen molar-refractivity contribution < 1.29 is 9.47 Å². The lowest BCUT2D eigenvalue weighted by molar-refractivity contribution is 0.122. The molecule has 1 heterocycles. The zero-order chi connectivity index (χ0) is 14.7. The van der Waals surface area contributed by atoms with Crippen molar-refractivity contribution in [2.75, 3.05) is 38.3 Å². The Labute approximate surface area is 126 Å². The molecule has 2 aromatic carbocycles. The molecular formula is C18H21NO2. The third-order valence-corrected chi connectivity index (χ3v) is 3.97. The highest BCUT2D eigenvalue weighted by molar-refractivity contribution is 5.69. The van der Waals surface area contributed by atoms with Gasteiger partial charge in [0, 0.05) is 18.8 Å². The Hall–Kier alpha value is -2.00. The van der Waals surface area contributed by atoms with Crippen LogP contribution in [0.5, 0.6) is 5.75 Å². The molecule has 0 spiro atoms. The van der Waals surface area contributed by atoms with E-state index >= 15 is 0 Å². The van der Waals surface area contributed by atoms with Crippen LogP contribution in [0, 0.1) is 6.92 Å². The molecule has 0 aromatic heterocycles. The average molecular weight is 283 g/mol. The van der Waals surface area contributed by atoms with Crippen LogP contribution in [0.3, 0.4) is 0 Å². The van der Waals surface area contributed by atoms with E-state index in [1.54, 1.807) is 7.11 Å². The van der Waals surface area contributed by atoms with Crippen molar-refractivity contribution in [3.8, 4) is 16.9 Å². The van der Waals surface area contributed by atoms with Gasteiger partial charge < -0.3 is 14.4 Å². The molecule has 1 fully saturated rings. The molecule has 21 heavy (non-hydrogen) atoms. The van der Waals surface area contributed by atoms with Crippen molar-refractivity contribution in [2.24, 2.45) is 0 Å². The van der Waals surface area contributed by atoms with Crippen LogP contribution >= 0.6 is 0 Å². The molecule has 3 rings (SSSR count). The van der Waals surface area contributed by atoms with Crippen LogP contribution in [-0.2, 0) is 4.74 Å². The van der Waals surface area contributed by atoms with Crippen molar-refractivity contribution in [2.45, 2.75) is 6.92 Å². The fraction of sp³-hybridized carbons (Fsp3) is 0.333. The maximum atomic E-state index is 5.42. The van der Waals surface area contributed by atoms with Gasteiger partial charge in [0.05, 0.1) is 20.3 Å². The second-order valence-electron chi connectivity index (χ2n) is 5.33. The van der Waals surface area contributed by atoms with Crippen molar-refractivity contribution in [1.29, 1.82) is 0 Å². The van der Waals surface area contributed by atoms with Crippen molar-refractivity contribution >= 4 is 5.69 Å². The Morgan fingerprint density at radius 1 is 0.952 bits per heavy atom. The minimum absolute atomic E-state index is 0.819. The number of ether oxygens (including phenoxy) is 2. The molecule has 0 N–H and O–H groups in total. The summed E-state index contributed by atoms with van der Waals surface area (Å²) in [4.78, 5) is 2.40. The van der Waals surface area contributed by atoms with E-state index in [1.165, 1.54) is 22.4 Å². The Kier molecular flexibility index (Phi) is 4.11. The molecule has 1 aliphatic heterocycles. The van der Waals surface area contributed by atoms with Crippen molar-refractivity contribution in [3.63, 3.8) is 0 Å². The highest BCUT2D eigenvalue weighted by atomic mass is 16.5. The van der Waals surface area contributed by atoms with E-state index in [1.807, 2.05) is 12.1 Å².